The fraction of sp³-hybridized carbons (Fsp3) is 0.0909. The van der Waals surface area contributed by atoms with Crippen LogP contribution in [0.2, 0.25) is 0 Å². The van der Waals surface area contributed by atoms with Gasteiger partial charge in [-0.15, -0.1) is 5.10 Å². The average molecular weight is 357 g/mol. The summed E-state index contributed by atoms with van der Waals surface area (Å²) in [5.74, 6) is 0. The molecule has 0 atom stereocenters. The van der Waals surface area contributed by atoms with E-state index in [1.807, 2.05) is 6.07 Å². The lowest BCUT2D eigenvalue weighted by Crippen LogP contribution is -2.15. The number of para-hydroxylation sites is 1. The van der Waals surface area contributed by atoms with E-state index in [9.17, 15) is 0 Å². The second kappa shape index (κ2) is 7.50. The van der Waals surface area contributed by atoms with Crippen molar-refractivity contribution >= 4 is 27.8 Å². The predicted molar refractivity (Wildman–Crippen MR) is 110 cm³/mol. The van der Waals surface area contributed by atoms with Crippen molar-refractivity contribution in [3.05, 3.63) is 100 Å². The Labute approximate surface area is 156 Å². The van der Waals surface area contributed by atoms with E-state index in [-0.39, 0.29) is 0 Å². The van der Waals surface area contributed by atoms with Crippen molar-refractivity contribution in [3.63, 3.8) is 0 Å². The Morgan fingerprint density at radius 2 is 1.62 bits per heavy atom. The van der Waals surface area contributed by atoms with Gasteiger partial charge in [0, 0.05) is 0 Å². The Kier molecular flexibility index (Phi) is 4.75. The van der Waals surface area contributed by atoms with Gasteiger partial charge in [0.25, 0.3) is 0 Å². The van der Waals surface area contributed by atoms with Crippen molar-refractivity contribution < 1.29 is 0 Å². The van der Waals surface area contributed by atoms with Crippen LogP contribution in [0.3, 0.4) is 0 Å². The lowest BCUT2D eigenvalue weighted by atomic mass is 10.2. The molecule has 0 radical (unpaired) electrons. The molecule has 1 aromatic heterocycles. The van der Waals surface area contributed by atoms with Crippen molar-refractivity contribution in [1.82, 2.24) is 4.57 Å². The first kappa shape index (κ1) is 16.5. The van der Waals surface area contributed by atoms with Crippen LogP contribution < -0.4 is 4.80 Å². The molecule has 128 valence electrons. The fourth-order valence-corrected chi connectivity index (χ4v) is 3.80. The zero-order valence-electron chi connectivity index (χ0n) is 14.5. The number of fused-ring (bicyclic) bond motifs is 1. The number of rotatable bonds is 4. The first-order chi connectivity index (χ1) is 12.8. The number of aromatic nitrogens is 1. The molecule has 3 nitrogen and oxygen atoms in total. The maximum absolute atomic E-state index is 4.51. The molecule has 4 aromatic rings. The number of hydrogen-bond acceptors (Lipinski definition) is 3. The summed E-state index contributed by atoms with van der Waals surface area (Å²) >= 11 is 1.66. The van der Waals surface area contributed by atoms with E-state index in [2.05, 4.69) is 94.5 Å². The molecule has 3 aromatic carbocycles. The third kappa shape index (κ3) is 3.65. The van der Waals surface area contributed by atoms with Crippen LogP contribution in [0.25, 0.3) is 10.2 Å². The molecule has 1 heterocycles. The molecule has 0 aliphatic heterocycles. The van der Waals surface area contributed by atoms with Gasteiger partial charge in [-0.05, 0) is 30.2 Å². The minimum atomic E-state index is 0.781. The second-order valence-corrected chi connectivity index (χ2v) is 7.19. The van der Waals surface area contributed by atoms with Crippen LogP contribution in [0.1, 0.15) is 16.7 Å². The van der Waals surface area contributed by atoms with E-state index >= 15 is 0 Å². The van der Waals surface area contributed by atoms with Crippen molar-refractivity contribution in [1.29, 1.82) is 0 Å². The number of benzene rings is 3. The molecule has 4 rings (SSSR count). The fourth-order valence-electron chi connectivity index (χ4n) is 2.81. The molecule has 0 N–H and O–H groups in total. The molecule has 0 saturated heterocycles. The standard InChI is InChI=1S/C22H19N3S/c1-17-11-13-18(14-12-17)15-23-24-22-25(16-19-7-3-2-4-8-19)20-9-5-6-10-21(20)26-22/h2-15H,16H2,1H3/b23-15-,24-22-. The van der Waals surface area contributed by atoms with Gasteiger partial charge < -0.3 is 4.57 Å². The summed E-state index contributed by atoms with van der Waals surface area (Å²) in [5, 5.41) is 8.84. The van der Waals surface area contributed by atoms with Gasteiger partial charge in [-0.2, -0.15) is 5.10 Å². The highest BCUT2D eigenvalue weighted by Crippen LogP contribution is 2.18. The number of hydrogen-bond donors (Lipinski definition) is 0. The van der Waals surface area contributed by atoms with Gasteiger partial charge in [-0.3, -0.25) is 0 Å². The van der Waals surface area contributed by atoms with Gasteiger partial charge in [-0.25, -0.2) is 0 Å². The SMILES string of the molecule is Cc1ccc(/C=N\N=c2/sc3ccccc3n2Cc2ccccc2)cc1. The molecular weight excluding hydrogens is 338 g/mol. The molecule has 0 saturated carbocycles. The second-order valence-electron chi connectivity index (χ2n) is 6.18. The van der Waals surface area contributed by atoms with Gasteiger partial charge in [-0.1, -0.05) is 83.6 Å². The van der Waals surface area contributed by atoms with Gasteiger partial charge in [0.2, 0.25) is 4.80 Å². The Bertz CT molecular complexity index is 1100. The van der Waals surface area contributed by atoms with Crippen LogP contribution in [-0.2, 0) is 6.54 Å². The summed E-state index contributed by atoms with van der Waals surface area (Å²) in [5.41, 5.74) is 4.73. The molecule has 0 aliphatic carbocycles. The molecule has 0 spiro atoms. The third-order valence-electron chi connectivity index (χ3n) is 4.20. The summed E-state index contributed by atoms with van der Waals surface area (Å²) < 4.78 is 3.44. The molecule has 0 aliphatic rings. The van der Waals surface area contributed by atoms with Gasteiger partial charge >= 0.3 is 0 Å². The maximum atomic E-state index is 4.51. The van der Waals surface area contributed by atoms with Crippen LogP contribution in [0.4, 0.5) is 0 Å². The minimum Gasteiger partial charge on any atom is -0.311 e. The topological polar surface area (TPSA) is 29.6 Å². The summed E-state index contributed by atoms with van der Waals surface area (Å²) in [7, 11) is 0. The maximum Gasteiger partial charge on any atom is 0.211 e. The summed E-state index contributed by atoms with van der Waals surface area (Å²) in [6.45, 7) is 2.86. The number of aryl methyl sites for hydroxylation is 1. The zero-order chi connectivity index (χ0) is 17.8. The number of nitrogens with zero attached hydrogens (tertiary/aromatic N) is 3. The molecule has 0 amide bonds. The average Bonchev–Trinajstić information content (AvgIpc) is 3.02. The Hall–Kier alpha value is -2.98. The van der Waals surface area contributed by atoms with Gasteiger partial charge in [0.05, 0.1) is 23.0 Å². The van der Waals surface area contributed by atoms with Crippen LogP contribution in [0, 0.1) is 6.92 Å². The van der Waals surface area contributed by atoms with Crippen LogP contribution in [-0.4, -0.2) is 10.8 Å². The minimum absolute atomic E-state index is 0.781. The molecule has 26 heavy (non-hydrogen) atoms. The van der Waals surface area contributed by atoms with Crippen LogP contribution in [0.5, 0.6) is 0 Å². The highest BCUT2D eigenvalue weighted by atomic mass is 32.1. The lowest BCUT2D eigenvalue weighted by Gasteiger charge is -2.04. The van der Waals surface area contributed by atoms with Gasteiger partial charge in [0.1, 0.15) is 0 Å². The first-order valence-corrected chi connectivity index (χ1v) is 9.37. The van der Waals surface area contributed by atoms with E-state index < -0.39 is 0 Å². The van der Waals surface area contributed by atoms with Crippen molar-refractivity contribution in [2.24, 2.45) is 10.2 Å². The van der Waals surface area contributed by atoms with E-state index in [0.29, 0.717) is 0 Å². The molecule has 0 fully saturated rings. The summed E-state index contributed by atoms with van der Waals surface area (Å²) in [6.07, 6.45) is 1.80. The van der Waals surface area contributed by atoms with Crippen molar-refractivity contribution in [2.75, 3.05) is 0 Å². The quantitative estimate of drug-likeness (QED) is 0.364. The van der Waals surface area contributed by atoms with E-state index in [0.717, 1.165) is 16.9 Å². The van der Waals surface area contributed by atoms with Crippen molar-refractivity contribution in [2.45, 2.75) is 13.5 Å². The Morgan fingerprint density at radius 1 is 0.885 bits per heavy atom. The van der Waals surface area contributed by atoms with Crippen LogP contribution >= 0.6 is 11.3 Å². The summed E-state index contributed by atoms with van der Waals surface area (Å²) in [4.78, 5) is 0.901. The van der Waals surface area contributed by atoms with E-state index in [4.69, 9.17) is 0 Å². The van der Waals surface area contributed by atoms with E-state index in [1.165, 1.54) is 21.3 Å². The predicted octanol–water partition coefficient (Wildman–Crippen LogP) is 4.99. The monoisotopic (exact) mass is 357 g/mol. The molecule has 0 bridgehead atoms. The van der Waals surface area contributed by atoms with E-state index in [1.54, 1.807) is 17.6 Å². The zero-order valence-corrected chi connectivity index (χ0v) is 15.4. The van der Waals surface area contributed by atoms with Crippen molar-refractivity contribution in [3.8, 4) is 0 Å². The lowest BCUT2D eigenvalue weighted by molar-refractivity contribution is 0.789. The third-order valence-corrected chi connectivity index (χ3v) is 5.25. The number of thiazole rings is 1. The summed E-state index contributed by atoms with van der Waals surface area (Å²) in [6, 6.07) is 27.1. The largest absolute Gasteiger partial charge is 0.311 e. The van der Waals surface area contributed by atoms with Gasteiger partial charge in [0.15, 0.2) is 0 Å². The normalized spacial score (nSPS) is 12.3. The Balaban J connectivity index is 1.73. The molecule has 0 unspecified atom stereocenters. The smallest absolute Gasteiger partial charge is 0.211 e. The highest BCUT2D eigenvalue weighted by Gasteiger charge is 2.06. The molecule has 4 heteroatoms. The molecular formula is C22H19N3S. The highest BCUT2D eigenvalue weighted by molar-refractivity contribution is 7.16. The van der Waals surface area contributed by atoms with Crippen LogP contribution in [0.15, 0.2) is 89.1 Å². The first-order valence-electron chi connectivity index (χ1n) is 8.56. The Morgan fingerprint density at radius 3 is 2.42 bits per heavy atom.